The third-order valence-electron chi connectivity index (χ3n) is 2.88. The lowest BCUT2D eigenvalue weighted by Gasteiger charge is -1.96. The zero-order valence-electron chi connectivity index (χ0n) is 9.88. The van der Waals surface area contributed by atoms with Gasteiger partial charge in [-0.05, 0) is 42.5 Å². The molecule has 1 amide bonds. The summed E-state index contributed by atoms with van der Waals surface area (Å²) >= 11 is 0. The lowest BCUT2D eigenvalue weighted by molar-refractivity contribution is 0.1000. The normalized spacial score (nSPS) is 10.8. The maximum absolute atomic E-state index is 12.9. The summed E-state index contributed by atoms with van der Waals surface area (Å²) in [6.45, 7) is 0. The molecule has 0 aliphatic rings. The highest BCUT2D eigenvalue weighted by molar-refractivity contribution is 5.92. The summed E-state index contributed by atoms with van der Waals surface area (Å²) in [5, 5.41) is 4.34. The Bertz CT molecular complexity index is 762. The van der Waals surface area contributed by atoms with Crippen LogP contribution in [0.2, 0.25) is 0 Å². The first-order valence-corrected chi connectivity index (χ1v) is 5.69. The fourth-order valence-electron chi connectivity index (χ4n) is 1.89. The van der Waals surface area contributed by atoms with E-state index in [4.69, 9.17) is 5.73 Å². The lowest BCUT2D eigenvalue weighted by Crippen LogP contribution is -2.11. The summed E-state index contributed by atoms with van der Waals surface area (Å²) in [7, 11) is 0. The molecule has 3 aromatic rings. The molecule has 0 bridgehead atoms. The fourth-order valence-corrected chi connectivity index (χ4v) is 1.89. The van der Waals surface area contributed by atoms with Gasteiger partial charge in [0.05, 0.1) is 16.8 Å². The maximum Gasteiger partial charge on any atom is 0.250 e. The van der Waals surface area contributed by atoms with Crippen LogP contribution < -0.4 is 5.73 Å². The Labute approximate surface area is 108 Å². The van der Waals surface area contributed by atoms with Gasteiger partial charge in [-0.1, -0.05) is 0 Å². The molecule has 0 spiro atoms. The van der Waals surface area contributed by atoms with Gasteiger partial charge < -0.3 is 5.73 Å². The van der Waals surface area contributed by atoms with Crippen molar-refractivity contribution in [3.63, 3.8) is 0 Å². The predicted octanol–water partition coefficient (Wildman–Crippen LogP) is 2.24. The topological polar surface area (TPSA) is 60.4 Å². The molecule has 0 unspecified atom stereocenters. The SMILES string of the molecule is NC(=O)c1ccc2cc(-c3ccc(F)cc3)nn2c1. The molecule has 0 saturated heterocycles. The Hall–Kier alpha value is -2.69. The van der Waals surface area contributed by atoms with Crippen molar-refractivity contribution in [2.24, 2.45) is 5.73 Å². The highest BCUT2D eigenvalue weighted by Crippen LogP contribution is 2.20. The van der Waals surface area contributed by atoms with E-state index in [0.717, 1.165) is 11.1 Å². The zero-order chi connectivity index (χ0) is 13.4. The van der Waals surface area contributed by atoms with Gasteiger partial charge in [-0.2, -0.15) is 5.10 Å². The van der Waals surface area contributed by atoms with Gasteiger partial charge in [-0.25, -0.2) is 8.91 Å². The average Bonchev–Trinajstić information content (AvgIpc) is 2.82. The van der Waals surface area contributed by atoms with Gasteiger partial charge in [-0.15, -0.1) is 0 Å². The lowest BCUT2D eigenvalue weighted by atomic mass is 10.1. The van der Waals surface area contributed by atoms with Gasteiger partial charge in [0.25, 0.3) is 0 Å². The molecule has 4 nitrogen and oxygen atoms in total. The number of carbonyl (C=O) groups is 1. The molecule has 94 valence electrons. The molecule has 0 atom stereocenters. The number of carbonyl (C=O) groups excluding carboxylic acids is 1. The van der Waals surface area contributed by atoms with E-state index in [9.17, 15) is 9.18 Å². The summed E-state index contributed by atoms with van der Waals surface area (Å²) < 4.78 is 14.5. The molecular formula is C14H10FN3O. The molecule has 1 aromatic carbocycles. The smallest absolute Gasteiger partial charge is 0.250 e. The van der Waals surface area contributed by atoms with Crippen molar-refractivity contribution in [3.8, 4) is 11.3 Å². The third-order valence-corrected chi connectivity index (χ3v) is 2.88. The number of fused-ring (bicyclic) bond motifs is 1. The van der Waals surface area contributed by atoms with Crippen molar-refractivity contribution < 1.29 is 9.18 Å². The minimum Gasteiger partial charge on any atom is -0.366 e. The molecule has 2 N–H and O–H groups in total. The number of aromatic nitrogens is 2. The van der Waals surface area contributed by atoms with Crippen molar-refractivity contribution in [3.05, 3.63) is 60.0 Å². The van der Waals surface area contributed by atoms with E-state index < -0.39 is 5.91 Å². The van der Waals surface area contributed by atoms with Crippen molar-refractivity contribution in [1.82, 2.24) is 9.61 Å². The monoisotopic (exact) mass is 255 g/mol. The molecule has 0 aliphatic carbocycles. The number of pyridine rings is 1. The van der Waals surface area contributed by atoms with Gasteiger partial charge in [0.1, 0.15) is 5.82 Å². The van der Waals surface area contributed by atoms with Crippen molar-refractivity contribution in [1.29, 1.82) is 0 Å². The number of hydrogen-bond acceptors (Lipinski definition) is 2. The van der Waals surface area contributed by atoms with Gasteiger partial charge in [0.2, 0.25) is 5.91 Å². The molecule has 0 radical (unpaired) electrons. The molecule has 0 aliphatic heterocycles. The molecule has 2 heterocycles. The molecule has 19 heavy (non-hydrogen) atoms. The van der Waals surface area contributed by atoms with Crippen LogP contribution in [0.25, 0.3) is 16.8 Å². The van der Waals surface area contributed by atoms with Crippen molar-refractivity contribution in [2.75, 3.05) is 0 Å². The van der Waals surface area contributed by atoms with Gasteiger partial charge in [0.15, 0.2) is 0 Å². The molecule has 2 aromatic heterocycles. The van der Waals surface area contributed by atoms with E-state index in [1.807, 2.05) is 6.07 Å². The van der Waals surface area contributed by atoms with Crippen LogP contribution in [-0.4, -0.2) is 15.5 Å². The van der Waals surface area contributed by atoms with Gasteiger partial charge in [-0.3, -0.25) is 4.79 Å². The van der Waals surface area contributed by atoms with Crippen LogP contribution in [0.15, 0.2) is 48.7 Å². The molecule has 0 fully saturated rings. The van der Waals surface area contributed by atoms with Crippen LogP contribution in [0.5, 0.6) is 0 Å². The summed E-state index contributed by atoms with van der Waals surface area (Å²) in [6.07, 6.45) is 1.57. The van der Waals surface area contributed by atoms with E-state index in [2.05, 4.69) is 5.10 Å². The van der Waals surface area contributed by atoms with E-state index in [1.165, 1.54) is 12.1 Å². The van der Waals surface area contributed by atoms with Gasteiger partial charge >= 0.3 is 0 Å². The Kier molecular flexibility index (Phi) is 2.52. The number of nitrogens with zero attached hydrogens (tertiary/aromatic N) is 2. The van der Waals surface area contributed by atoms with E-state index in [-0.39, 0.29) is 5.82 Å². The summed E-state index contributed by atoms with van der Waals surface area (Å²) in [5.74, 6) is -0.788. The van der Waals surface area contributed by atoms with Crippen molar-refractivity contribution in [2.45, 2.75) is 0 Å². The second kappa shape index (κ2) is 4.20. The minimum atomic E-state index is -0.499. The number of primary amides is 1. The first kappa shape index (κ1) is 11.4. The quantitative estimate of drug-likeness (QED) is 0.763. The predicted molar refractivity (Wildman–Crippen MR) is 69.1 cm³/mol. The Morgan fingerprint density at radius 1 is 1.16 bits per heavy atom. The van der Waals surface area contributed by atoms with Crippen LogP contribution in [0.1, 0.15) is 10.4 Å². The minimum absolute atomic E-state index is 0.288. The van der Waals surface area contributed by atoms with E-state index in [1.54, 1.807) is 35.0 Å². The molecular weight excluding hydrogens is 245 g/mol. The summed E-state index contributed by atoms with van der Waals surface area (Å²) in [6, 6.07) is 11.4. The van der Waals surface area contributed by atoms with Crippen LogP contribution in [0, 0.1) is 5.82 Å². The number of rotatable bonds is 2. The molecule has 5 heteroatoms. The zero-order valence-corrected chi connectivity index (χ0v) is 9.88. The highest BCUT2D eigenvalue weighted by Gasteiger charge is 2.07. The maximum atomic E-state index is 12.9. The standard InChI is InChI=1S/C14H10FN3O/c15-11-4-1-9(2-5-11)13-7-12-6-3-10(14(16)19)8-18(12)17-13/h1-8H,(H2,16,19). The summed E-state index contributed by atoms with van der Waals surface area (Å²) in [4.78, 5) is 11.1. The van der Waals surface area contributed by atoms with Gasteiger partial charge in [0, 0.05) is 11.8 Å². The number of hydrogen-bond donors (Lipinski definition) is 1. The first-order chi connectivity index (χ1) is 9.13. The number of amides is 1. The van der Waals surface area contributed by atoms with E-state index >= 15 is 0 Å². The Morgan fingerprint density at radius 2 is 1.89 bits per heavy atom. The fraction of sp³-hybridized carbons (Fsp3) is 0. The second-order valence-corrected chi connectivity index (χ2v) is 4.19. The largest absolute Gasteiger partial charge is 0.366 e. The Balaban J connectivity index is 2.11. The van der Waals surface area contributed by atoms with E-state index in [0.29, 0.717) is 11.3 Å². The number of nitrogens with two attached hydrogens (primary N) is 1. The van der Waals surface area contributed by atoms with Crippen molar-refractivity contribution >= 4 is 11.4 Å². The second-order valence-electron chi connectivity index (χ2n) is 4.19. The summed E-state index contributed by atoms with van der Waals surface area (Å²) in [5.41, 5.74) is 7.97. The van der Waals surface area contributed by atoms with Crippen LogP contribution >= 0.6 is 0 Å². The van der Waals surface area contributed by atoms with Crippen LogP contribution in [0.3, 0.4) is 0 Å². The third kappa shape index (κ3) is 2.06. The van der Waals surface area contributed by atoms with Crippen LogP contribution in [0.4, 0.5) is 4.39 Å². The number of halogens is 1. The molecule has 3 rings (SSSR count). The molecule has 0 saturated carbocycles. The highest BCUT2D eigenvalue weighted by atomic mass is 19.1. The van der Waals surface area contributed by atoms with Crippen LogP contribution in [-0.2, 0) is 0 Å². The average molecular weight is 255 g/mol. The first-order valence-electron chi connectivity index (χ1n) is 5.69. The number of benzene rings is 1. The Morgan fingerprint density at radius 3 is 2.58 bits per heavy atom.